The third kappa shape index (κ3) is 3.35. The molecule has 1 N–H and O–H groups in total. The van der Waals surface area contributed by atoms with E-state index in [1.54, 1.807) is 0 Å². The lowest BCUT2D eigenvalue weighted by atomic mass is 10.0. The second-order valence-corrected chi connectivity index (χ2v) is 7.08. The van der Waals surface area contributed by atoms with Gasteiger partial charge in [0, 0.05) is 56.1 Å². The van der Waals surface area contributed by atoms with Gasteiger partial charge in [0.05, 0.1) is 10.7 Å². The summed E-state index contributed by atoms with van der Waals surface area (Å²) in [6.45, 7) is 8.51. The molecule has 1 aliphatic rings. The molecule has 1 saturated heterocycles. The normalized spacial score (nSPS) is 18.5. The van der Waals surface area contributed by atoms with Crippen molar-refractivity contribution in [3.63, 3.8) is 0 Å². The summed E-state index contributed by atoms with van der Waals surface area (Å²) in [5.74, 6) is 0. The molecular weight excluding hydrogens is 296 g/mol. The molecule has 3 rings (SSSR count). The van der Waals surface area contributed by atoms with Crippen LogP contribution in [0.25, 0.3) is 11.3 Å². The Morgan fingerprint density at radius 3 is 2.82 bits per heavy atom. The molecule has 1 fully saturated rings. The van der Waals surface area contributed by atoms with Gasteiger partial charge in [-0.05, 0) is 19.9 Å². The molecule has 118 valence electrons. The van der Waals surface area contributed by atoms with E-state index in [2.05, 4.69) is 35.4 Å². The first-order valence-corrected chi connectivity index (χ1v) is 8.07. The summed E-state index contributed by atoms with van der Waals surface area (Å²) in [6.07, 6.45) is 2.10. The van der Waals surface area contributed by atoms with Crippen molar-refractivity contribution in [2.75, 3.05) is 19.6 Å². The van der Waals surface area contributed by atoms with E-state index in [0.717, 1.165) is 42.5 Å². The Morgan fingerprint density at radius 1 is 1.32 bits per heavy atom. The molecule has 0 spiro atoms. The fraction of sp³-hybridized carbons (Fsp3) is 0.471. The number of benzene rings is 1. The van der Waals surface area contributed by atoms with Crippen LogP contribution in [0.3, 0.4) is 0 Å². The van der Waals surface area contributed by atoms with Crippen molar-refractivity contribution in [2.24, 2.45) is 7.05 Å². The first kappa shape index (κ1) is 15.5. The zero-order valence-corrected chi connectivity index (χ0v) is 14.2. The van der Waals surface area contributed by atoms with Gasteiger partial charge in [0.2, 0.25) is 0 Å². The molecule has 1 aromatic carbocycles. The van der Waals surface area contributed by atoms with Crippen LogP contribution >= 0.6 is 11.6 Å². The summed E-state index contributed by atoms with van der Waals surface area (Å²) in [4.78, 5) is 2.48. The topological polar surface area (TPSA) is 33.1 Å². The molecule has 0 aliphatic carbocycles. The van der Waals surface area contributed by atoms with Gasteiger partial charge in [-0.3, -0.25) is 9.58 Å². The number of halogens is 1. The average molecular weight is 319 g/mol. The third-order valence-electron chi connectivity index (χ3n) is 4.08. The molecule has 2 aromatic rings. The maximum atomic E-state index is 6.36. The Morgan fingerprint density at radius 2 is 2.09 bits per heavy atom. The van der Waals surface area contributed by atoms with Gasteiger partial charge in [0.1, 0.15) is 0 Å². The van der Waals surface area contributed by atoms with E-state index < -0.39 is 0 Å². The molecule has 0 atom stereocenters. The molecule has 5 heteroatoms. The summed E-state index contributed by atoms with van der Waals surface area (Å²) in [7, 11) is 1.96. The number of aromatic nitrogens is 2. The van der Waals surface area contributed by atoms with Crippen LogP contribution in [-0.2, 0) is 13.6 Å². The van der Waals surface area contributed by atoms with Crippen LogP contribution in [0.5, 0.6) is 0 Å². The van der Waals surface area contributed by atoms with E-state index in [0.29, 0.717) is 0 Å². The molecule has 1 aromatic heterocycles. The van der Waals surface area contributed by atoms with E-state index in [1.165, 1.54) is 5.56 Å². The fourth-order valence-electron chi connectivity index (χ4n) is 3.16. The summed E-state index contributed by atoms with van der Waals surface area (Å²) in [5, 5.41) is 8.94. The fourth-order valence-corrected chi connectivity index (χ4v) is 3.38. The van der Waals surface area contributed by atoms with E-state index in [1.807, 2.05) is 36.0 Å². The van der Waals surface area contributed by atoms with Crippen molar-refractivity contribution in [3.8, 4) is 11.3 Å². The van der Waals surface area contributed by atoms with Crippen LogP contribution in [-0.4, -0.2) is 39.9 Å². The monoisotopic (exact) mass is 318 g/mol. The average Bonchev–Trinajstić information content (AvgIpc) is 2.79. The highest BCUT2D eigenvalue weighted by atomic mass is 35.5. The predicted molar refractivity (Wildman–Crippen MR) is 91.0 cm³/mol. The highest BCUT2D eigenvalue weighted by Gasteiger charge is 2.26. The van der Waals surface area contributed by atoms with Crippen molar-refractivity contribution < 1.29 is 0 Å². The SMILES string of the molecule is Cn1cc(CN2CCNC(C)(C)C2)c(-c2ccccc2Cl)n1. The van der Waals surface area contributed by atoms with E-state index in [-0.39, 0.29) is 5.54 Å². The number of piperazine rings is 1. The molecule has 0 radical (unpaired) electrons. The Labute approximate surface area is 137 Å². The molecule has 1 aliphatic heterocycles. The maximum Gasteiger partial charge on any atom is 0.0983 e. The summed E-state index contributed by atoms with van der Waals surface area (Å²) in [6, 6.07) is 7.92. The minimum Gasteiger partial charge on any atom is -0.309 e. The molecule has 2 heterocycles. The summed E-state index contributed by atoms with van der Waals surface area (Å²) < 4.78 is 1.88. The molecule has 0 unspecified atom stereocenters. The Bertz CT molecular complexity index is 662. The van der Waals surface area contributed by atoms with Gasteiger partial charge in [-0.2, -0.15) is 5.10 Å². The number of nitrogens with one attached hydrogen (secondary N) is 1. The minimum absolute atomic E-state index is 0.158. The highest BCUT2D eigenvalue weighted by molar-refractivity contribution is 6.33. The molecular formula is C17H23ClN4. The highest BCUT2D eigenvalue weighted by Crippen LogP contribution is 2.30. The maximum absolute atomic E-state index is 6.36. The van der Waals surface area contributed by atoms with E-state index in [9.17, 15) is 0 Å². The molecule has 4 nitrogen and oxygen atoms in total. The van der Waals surface area contributed by atoms with Gasteiger partial charge >= 0.3 is 0 Å². The van der Waals surface area contributed by atoms with E-state index in [4.69, 9.17) is 11.6 Å². The standard InChI is InChI=1S/C17H23ClN4/c1-17(2)12-22(9-8-19-17)11-13-10-21(3)20-16(13)14-6-4-5-7-15(14)18/h4-7,10,19H,8-9,11-12H2,1-3H3. The zero-order chi connectivity index (χ0) is 15.7. The van der Waals surface area contributed by atoms with Crippen molar-refractivity contribution in [1.82, 2.24) is 20.0 Å². The number of rotatable bonds is 3. The first-order chi connectivity index (χ1) is 10.4. The van der Waals surface area contributed by atoms with Gasteiger partial charge in [0.15, 0.2) is 0 Å². The predicted octanol–water partition coefficient (Wildman–Crippen LogP) is 2.92. The van der Waals surface area contributed by atoms with Gasteiger partial charge in [0.25, 0.3) is 0 Å². The van der Waals surface area contributed by atoms with Crippen molar-refractivity contribution in [3.05, 3.63) is 41.0 Å². The van der Waals surface area contributed by atoms with Gasteiger partial charge < -0.3 is 5.32 Å². The number of hydrogen-bond acceptors (Lipinski definition) is 3. The minimum atomic E-state index is 0.158. The first-order valence-electron chi connectivity index (χ1n) is 7.69. The second-order valence-electron chi connectivity index (χ2n) is 6.68. The van der Waals surface area contributed by atoms with Crippen molar-refractivity contribution in [1.29, 1.82) is 0 Å². The van der Waals surface area contributed by atoms with Crippen LogP contribution in [0.1, 0.15) is 19.4 Å². The summed E-state index contributed by atoms with van der Waals surface area (Å²) >= 11 is 6.36. The molecule has 0 bridgehead atoms. The third-order valence-corrected chi connectivity index (χ3v) is 4.41. The quantitative estimate of drug-likeness (QED) is 0.944. The van der Waals surface area contributed by atoms with Gasteiger partial charge in [-0.25, -0.2) is 0 Å². The van der Waals surface area contributed by atoms with Crippen LogP contribution in [0.15, 0.2) is 30.5 Å². The van der Waals surface area contributed by atoms with Gasteiger partial charge in [-0.1, -0.05) is 29.8 Å². The van der Waals surface area contributed by atoms with Crippen LogP contribution in [0.4, 0.5) is 0 Å². The molecule has 0 amide bonds. The lowest BCUT2D eigenvalue weighted by Crippen LogP contribution is -2.56. The number of nitrogens with zero attached hydrogens (tertiary/aromatic N) is 3. The van der Waals surface area contributed by atoms with Crippen molar-refractivity contribution in [2.45, 2.75) is 25.9 Å². The number of aryl methyl sites for hydroxylation is 1. The zero-order valence-electron chi connectivity index (χ0n) is 13.4. The Kier molecular flexibility index (Phi) is 4.26. The van der Waals surface area contributed by atoms with Crippen LogP contribution in [0.2, 0.25) is 5.02 Å². The second kappa shape index (κ2) is 6.03. The molecule has 22 heavy (non-hydrogen) atoms. The Hall–Kier alpha value is -1.36. The smallest absolute Gasteiger partial charge is 0.0983 e. The van der Waals surface area contributed by atoms with E-state index >= 15 is 0 Å². The lowest BCUT2D eigenvalue weighted by molar-refractivity contribution is 0.148. The van der Waals surface area contributed by atoms with Crippen molar-refractivity contribution >= 4 is 11.6 Å². The van der Waals surface area contributed by atoms with Crippen LogP contribution in [0, 0.1) is 0 Å². The largest absolute Gasteiger partial charge is 0.309 e. The van der Waals surface area contributed by atoms with Crippen LogP contribution < -0.4 is 5.32 Å². The van der Waals surface area contributed by atoms with Gasteiger partial charge in [-0.15, -0.1) is 0 Å². The number of hydrogen-bond donors (Lipinski definition) is 1. The Balaban J connectivity index is 1.87. The summed E-state index contributed by atoms with van der Waals surface area (Å²) in [5.41, 5.74) is 3.39. The molecule has 0 saturated carbocycles. The lowest BCUT2D eigenvalue weighted by Gasteiger charge is -2.39.